The number of halogens is 1. The average Bonchev–Trinajstić information content (AvgIpc) is 3.64. The molecule has 0 saturated heterocycles. The topological polar surface area (TPSA) is 124 Å². The second-order valence-corrected chi connectivity index (χ2v) is 14.1. The summed E-state index contributed by atoms with van der Waals surface area (Å²) >= 11 is 0. The highest BCUT2D eigenvalue weighted by molar-refractivity contribution is 5.83. The van der Waals surface area contributed by atoms with Crippen LogP contribution in [0.1, 0.15) is 77.6 Å². The Hall–Kier alpha value is -5.47. The van der Waals surface area contributed by atoms with Gasteiger partial charge in [-0.2, -0.15) is 4.98 Å². The van der Waals surface area contributed by atoms with Gasteiger partial charge in [-0.25, -0.2) is 15.0 Å². The number of nitrogens with zero attached hydrogens (tertiary/aromatic N) is 6. The molecule has 0 unspecified atom stereocenters. The molecule has 0 amide bonds. The van der Waals surface area contributed by atoms with E-state index in [-0.39, 0.29) is 18.8 Å². The Morgan fingerprint density at radius 1 is 0.540 bits per heavy atom. The predicted octanol–water partition coefficient (Wildman–Crippen LogP) is 7.47. The average molecular weight is 878 g/mol. The van der Waals surface area contributed by atoms with E-state index < -0.39 is 6.48 Å². The first-order chi connectivity index (χ1) is 30.4. The third-order valence-corrected chi connectivity index (χ3v) is 9.96. The van der Waals surface area contributed by atoms with E-state index in [2.05, 4.69) is 165 Å². The normalized spacial score (nSPS) is 11.9. The summed E-state index contributed by atoms with van der Waals surface area (Å²) in [5.74, 6) is 3.24. The van der Waals surface area contributed by atoms with Crippen LogP contribution in [0.5, 0.6) is 0 Å². The van der Waals surface area contributed by atoms with Gasteiger partial charge in [-0.05, 0) is 118 Å². The van der Waals surface area contributed by atoms with Crippen LogP contribution >= 0.6 is 0 Å². The summed E-state index contributed by atoms with van der Waals surface area (Å²) in [6.07, 6.45) is 10.6. The largest absolute Gasteiger partial charge is 1.00 e. The molecule has 0 spiro atoms. The van der Waals surface area contributed by atoms with E-state index in [1.54, 1.807) is 24.8 Å². The number of fused-ring (bicyclic) bond motifs is 1. The highest BCUT2D eigenvalue weighted by Crippen LogP contribution is 2.45. The molecule has 0 saturated carbocycles. The van der Waals surface area contributed by atoms with Crippen molar-refractivity contribution in [3.05, 3.63) is 144 Å². The fourth-order valence-electron chi connectivity index (χ4n) is 6.81. The molecule has 0 bridgehead atoms. The molecular weight excluding hydrogens is 812 g/mol. The molecule has 13 heteroatoms. The van der Waals surface area contributed by atoms with Crippen molar-refractivity contribution in [3.8, 4) is 0 Å². The summed E-state index contributed by atoms with van der Waals surface area (Å²) < 4.78 is 21.5. The predicted molar refractivity (Wildman–Crippen MR) is 250 cm³/mol. The smallest absolute Gasteiger partial charge is 0.273 e. The molecule has 2 aromatic heterocycles. The molecule has 0 radical (unpaired) electrons. The fraction of sp³-hybridized carbons (Fsp3) is 0.360. The monoisotopic (exact) mass is 876 g/mol. The molecule has 1 aliphatic rings. The third-order valence-electron chi connectivity index (χ3n) is 9.96. The van der Waals surface area contributed by atoms with Crippen molar-refractivity contribution in [2.45, 2.75) is 93.9 Å². The summed E-state index contributed by atoms with van der Waals surface area (Å²) in [5, 5.41) is 5.46. The lowest BCUT2D eigenvalue weighted by Crippen LogP contribution is -3.00. The number of nitrogens with one attached hydrogen (secondary N) is 1. The first kappa shape index (κ1) is 50.2. The number of anilines is 6. The first-order valence-corrected chi connectivity index (χ1v) is 22.0. The minimum absolute atomic E-state index is 0. The molecule has 3 N–H and O–H groups in total. The maximum atomic E-state index is 6.24. The Morgan fingerprint density at radius 2 is 1.00 bits per heavy atom. The quantitative estimate of drug-likeness (QED) is 0.0661. The molecule has 6 aromatic rings. The van der Waals surface area contributed by atoms with Crippen LogP contribution in [-0.2, 0) is 44.6 Å². The van der Waals surface area contributed by atoms with Crippen molar-refractivity contribution in [2.24, 2.45) is 0 Å². The molecule has 0 aliphatic carbocycles. The molecule has 63 heavy (non-hydrogen) atoms. The second-order valence-electron chi connectivity index (χ2n) is 14.1. The van der Waals surface area contributed by atoms with E-state index in [0.717, 1.165) is 71.7 Å². The van der Waals surface area contributed by atoms with Gasteiger partial charge < -0.3 is 36.7 Å². The van der Waals surface area contributed by atoms with E-state index in [0.29, 0.717) is 26.4 Å². The van der Waals surface area contributed by atoms with Gasteiger partial charge in [0.1, 0.15) is 5.69 Å². The summed E-state index contributed by atoms with van der Waals surface area (Å²) in [5.41, 5.74) is 9.48. The van der Waals surface area contributed by atoms with Crippen LogP contribution in [0.25, 0.3) is 0 Å². The van der Waals surface area contributed by atoms with E-state index >= 15 is 0 Å². The minimum Gasteiger partial charge on any atom is -1.00 e. The van der Waals surface area contributed by atoms with Gasteiger partial charge in [0.2, 0.25) is 12.2 Å². The van der Waals surface area contributed by atoms with Gasteiger partial charge in [-0.1, -0.05) is 76.2 Å². The molecule has 0 fully saturated rings. The number of ether oxygens (including phenoxy) is 4. The zero-order valence-electron chi connectivity index (χ0n) is 38.1. The van der Waals surface area contributed by atoms with Gasteiger partial charge >= 0.3 is 0 Å². The number of quaternary nitrogens is 1. The van der Waals surface area contributed by atoms with Crippen molar-refractivity contribution in [3.63, 3.8) is 0 Å². The van der Waals surface area contributed by atoms with Crippen molar-refractivity contribution in [1.82, 2.24) is 19.9 Å². The minimum atomic E-state index is -0.472. The molecular formula is C50H65ClN8O4. The zero-order valence-corrected chi connectivity index (χ0v) is 38.9. The number of hydrogen-bond acceptors (Lipinski definition) is 11. The van der Waals surface area contributed by atoms with Crippen LogP contribution in [-0.4, -0.2) is 59.2 Å². The molecule has 1 aliphatic heterocycles. The molecule has 3 heterocycles. The standard InChI is InChI=1S/C23H26N4O.C20H22N4.C7H16O3.ClH/c1-4-17-9-7-11-19(15-17)26-21-22(25-14-13-24-21)27(23(26)28-6-3)20-12-8-10-18(5-2)16-20;1-3-15-7-5-9-17(13-15)23-19-20(22-12-11-21-19)24-18-10-6-8-16(4-2)14-18;1-4-8-7(9-5-2)10-6-3;/h7-16,23H,4-6H2,1-3H3;5-14H,3-4H2,1-2H3,(H,21,23)(H,22,24);7H,4-6H2,1-3H3;1H. The summed E-state index contributed by atoms with van der Waals surface area (Å²) in [7, 11) is 0. The molecule has 7 rings (SSSR count). The Morgan fingerprint density at radius 3 is 1.51 bits per heavy atom. The maximum absolute atomic E-state index is 6.24. The van der Waals surface area contributed by atoms with Gasteiger partial charge in [0.25, 0.3) is 12.3 Å². The van der Waals surface area contributed by atoms with Crippen molar-refractivity contribution < 1.29 is 36.7 Å². The van der Waals surface area contributed by atoms with Gasteiger partial charge in [-0.3, -0.25) is 15.1 Å². The zero-order chi connectivity index (χ0) is 44.1. The number of benzene rings is 4. The van der Waals surface area contributed by atoms with Crippen LogP contribution in [0.4, 0.5) is 46.0 Å². The van der Waals surface area contributed by atoms with Gasteiger partial charge in [0, 0.05) is 68.1 Å². The van der Waals surface area contributed by atoms with E-state index in [9.17, 15) is 0 Å². The molecule has 336 valence electrons. The second kappa shape index (κ2) is 26.9. The molecule has 12 nitrogen and oxygen atoms in total. The Labute approximate surface area is 380 Å². The Kier molecular flexibility index (Phi) is 21.4. The van der Waals surface area contributed by atoms with Crippen molar-refractivity contribution in [1.29, 1.82) is 0 Å². The first-order valence-electron chi connectivity index (χ1n) is 22.0. The van der Waals surface area contributed by atoms with Crippen molar-refractivity contribution in [2.75, 3.05) is 41.5 Å². The SMILES string of the molecule is CCOC(OCC)OCC.CCOC1N(c2cccc(CC)c2)c2nccnc2N1c1cccc(CC)c1.CCc1cccc(Nc2nccnc2[NH2+]c2cccc(CC)c2)c1.[Cl-]. The van der Waals surface area contributed by atoms with Crippen LogP contribution in [0, 0.1) is 0 Å². The Balaban J connectivity index is 0.000000227. The van der Waals surface area contributed by atoms with Crippen LogP contribution < -0.4 is 32.8 Å². The van der Waals surface area contributed by atoms with Gasteiger partial charge in [0.15, 0.2) is 11.6 Å². The highest BCUT2D eigenvalue weighted by atomic mass is 35.5. The van der Waals surface area contributed by atoms with Crippen molar-refractivity contribution >= 4 is 46.0 Å². The summed E-state index contributed by atoms with van der Waals surface area (Å²) in [6.45, 7) is 18.4. The summed E-state index contributed by atoms with van der Waals surface area (Å²) in [4.78, 5) is 22.6. The maximum Gasteiger partial charge on any atom is 0.273 e. The molecule has 4 aromatic carbocycles. The molecule has 0 atom stereocenters. The number of rotatable bonds is 18. The summed E-state index contributed by atoms with van der Waals surface area (Å²) in [6, 6.07) is 34.0. The van der Waals surface area contributed by atoms with Crippen LogP contribution in [0.15, 0.2) is 122 Å². The van der Waals surface area contributed by atoms with Crippen LogP contribution in [0.2, 0.25) is 0 Å². The van der Waals surface area contributed by atoms with E-state index in [4.69, 9.17) is 18.9 Å². The third kappa shape index (κ3) is 14.3. The highest BCUT2D eigenvalue weighted by Gasteiger charge is 2.41. The Bertz CT molecular complexity index is 2090. The lowest BCUT2D eigenvalue weighted by atomic mass is 10.1. The number of aryl methyl sites for hydroxylation is 4. The van der Waals surface area contributed by atoms with E-state index in [1.807, 2.05) is 27.7 Å². The number of aromatic nitrogens is 4. The number of nitrogens with two attached hydrogens (primary N) is 1. The lowest BCUT2D eigenvalue weighted by molar-refractivity contribution is -0.482. The van der Waals surface area contributed by atoms with Gasteiger partial charge in [0.05, 0.1) is 6.20 Å². The van der Waals surface area contributed by atoms with E-state index in [1.165, 1.54) is 22.3 Å². The fourth-order valence-corrected chi connectivity index (χ4v) is 6.81. The number of hydrogen-bond donors (Lipinski definition) is 2. The van der Waals surface area contributed by atoms with Crippen LogP contribution in [0.3, 0.4) is 0 Å². The van der Waals surface area contributed by atoms with Gasteiger partial charge in [-0.15, -0.1) is 0 Å². The lowest BCUT2D eigenvalue weighted by Gasteiger charge is -2.31.